The number of hydrogen-bond donors (Lipinski definition) is 3. The number of rotatable bonds is 6. The van der Waals surface area contributed by atoms with Crippen molar-refractivity contribution in [1.29, 1.82) is 0 Å². The Kier molecular flexibility index (Phi) is 7.42. The zero-order valence-corrected chi connectivity index (χ0v) is 21.7. The van der Waals surface area contributed by atoms with E-state index >= 15 is 0 Å². The number of carbonyl (C=O) groups is 3. The summed E-state index contributed by atoms with van der Waals surface area (Å²) in [4.78, 5) is 46.8. The van der Waals surface area contributed by atoms with E-state index < -0.39 is 35.7 Å². The first kappa shape index (κ1) is 26.5. The number of fused-ring (bicyclic) bond motifs is 1. The van der Waals surface area contributed by atoms with Gasteiger partial charge in [0, 0.05) is 37.0 Å². The number of carboxylic acid groups (broad SMARTS) is 1. The van der Waals surface area contributed by atoms with Crippen LogP contribution in [0.25, 0.3) is 10.6 Å². The molecule has 1 fully saturated rings. The van der Waals surface area contributed by atoms with Gasteiger partial charge in [0.15, 0.2) is 0 Å². The van der Waals surface area contributed by atoms with Crippen LogP contribution in [0.2, 0.25) is 0 Å². The second-order valence-electron chi connectivity index (χ2n) is 9.34. The molecule has 0 bridgehead atoms. The van der Waals surface area contributed by atoms with Gasteiger partial charge in [-0.05, 0) is 37.8 Å². The van der Waals surface area contributed by atoms with Crippen LogP contribution in [0.1, 0.15) is 54.0 Å². The van der Waals surface area contributed by atoms with E-state index in [2.05, 4.69) is 20.6 Å². The summed E-state index contributed by atoms with van der Waals surface area (Å²) in [5.74, 6) is -2.58. The average Bonchev–Trinajstić information content (AvgIpc) is 3.51. The van der Waals surface area contributed by atoms with Gasteiger partial charge >= 0.3 is 12.1 Å². The summed E-state index contributed by atoms with van der Waals surface area (Å²) in [6, 6.07) is 3.18. The minimum absolute atomic E-state index is 0.0223. The van der Waals surface area contributed by atoms with Crippen LogP contribution in [0, 0.1) is 11.6 Å². The molecule has 13 heteroatoms. The lowest BCUT2D eigenvalue weighted by Gasteiger charge is -2.36. The van der Waals surface area contributed by atoms with Crippen molar-refractivity contribution in [2.24, 2.45) is 0 Å². The van der Waals surface area contributed by atoms with Crippen LogP contribution in [0.4, 0.5) is 25.0 Å². The zero-order valence-electron chi connectivity index (χ0n) is 20.9. The number of hydrogen-bond acceptors (Lipinski definition) is 8. The maximum Gasteiger partial charge on any atom is 0.404 e. The fourth-order valence-corrected chi connectivity index (χ4v) is 5.96. The Balaban J connectivity index is 1.47. The molecule has 1 saturated heterocycles. The molecule has 1 aliphatic carbocycles. The molecule has 2 aliphatic rings. The van der Waals surface area contributed by atoms with Crippen LogP contribution in [0.15, 0.2) is 29.8 Å². The molecule has 3 heterocycles. The summed E-state index contributed by atoms with van der Waals surface area (Å²) in [5, 5.41) is 16.0. The van der Waals surface area contributed by atoms with E-state index in [9.17, 15) is 28.3 Å². The fraction of sp³-hybridized carbons (Fsp3) is 0.346. The minimum atomic E-state index is -1.11. The van der Waals surface area contributed by atoms with Crippen LogP contribution in [-0.4, -0.2) is 52.2 Å². The Hall–Kier alpha value is -4.13. The van der Waals surface area contributed by atoms with E-state index in [0.29, 0.717) is 55.8 Å². The Bertz CT molecular complexity index is 1430. The van der Waals surface area contributed by atoms with Gasteiger partial charge in [-0.2, -0.15) is 0 Å². The predicted molar refractivity (Wildman–Crippen MR) is 139 cm³/mol. The Morgan fingerprint density at radius 2 is 1.97 bits per heavy atom. The van der Waals surface area contributed by atoms with Gasteiger partial charge in [-0.25, -0.2) is 18.6 Å². The SMILES string of the molecule is CC(=O)OC1CCc2c1ncc(NC(=O)c1csc(-c3c(F)cccc3F)n1)c2N1CCCC(NC(=O)O)C1. The first-order valence-corrected chi connectivity index (χ1v) is 13.2. The van der Waals surface area contributed by atoms with E-state index in [-0.39, 0.29) is 22.3 Å². The van der Waals surface area contributed by atoms with Crippen molar-refractivity contribution in [3.8, 4) is 10.6 Å². The van der Waals surface area contributed by atoms with Crippen molar-refractivity contribution < 1.29 is 33.0 Å². The smallest absolute Gasteiger partial charge is 0.404 e. The monoisotopic (exact) mass is 557 g/mol. The predicted octanol–water partition coefficient (Wildman–Crippen LogP) is 4.52. The Morgan fingerprint density at radius 1 is 1.21 bits per heavy atom. The first-order chi connectivity index (χ1) is 18.7. The number of ether oxygens (including phenoxy) is 1. The van der Waals surface area contributed by atoms with E-state index in [4.69, 9.17) is 4.74 Å². The van der Waals surface area contributed by atoms with E-state index in [1.54, 1.807) is 0 Å². The highest BCUT2D eigenvalue weighted by Gasteiger charge is 2.34. The third-order valence-corrected chi connectivity index (χ3v) is 7.54. The summed E-state index contributed by atoms with van der Waals surface area (Å²) < 4.78 is 33.9. The molecule has 39 heavy (non-hydrogen) atoms. The molecule has 204 valence electrons. The lowest BCUT2D eigenvalue weighted by Crippen LogP contribution is -2.48. The van der Waals surface area contributed by atoms with Crippen LogP contribution in [0.3, 0.4) is 0 Å². The summed E-state index contributed by atoms with van der Waals surface area (Å²) in [6.45, 7) is 2.32. The van der Waals surface area contributed by atoms with Crippen molar-refractivity contribution in [3.05, 3.63) is 58.4 Å². The van der Waals surface area contributed by atoms with Gasteiger partial charge in [-0.3, -0.25) is 14.6 Å². The molecule has 2 atom stereocenters. The molecule has 1 aromatic carbocycles. The highest BCUT2D eigenvalue weighted by Crippen LogP contribution is 2.43. The van der Waals surface area contributed by atoms with Crippen LogP contribution in [-0.2, 0) is 16.0 Å². The fourth-order valence-electron chi connectivity index (χ4n) is 5.11. The number of aromatic nitrogens is 2. The van der Waals surface area contributed by atoms with Gasteiger partial charge in [-0.15, -0.1) is 11.3 Å². The number of anilines is 2. The van der Waals surface area contributed by atoms with Crippen molar-refractivity contribution in [1.82, 2.24) is 15.3 Å². The molecule has 0 spiro atoms. The van der Waals surface area contributed by atoms with Crippen molar-refractivity contribution in [2.75, 3.05) is 23.3 Å². The van der Waals surface area contributed by atoms with Gasteiger partial charge in [-0.1, -0.05) is 6.07 Å². The van der Waals surface area contributed by atoms with Crippen molar-refractivity contribution in [3.63, 3.8) is 0 Å². The molecule has 1 aliphatic heterocycles. The van der Waals surface area contributed by atoms with Crippen LogP contribution >= 0.6 is 11.3 Å². The number of benzene rings is 1. The third kappa shape index (κ3) is 5.53. The number of esters is 1. The molecule has 0 radical (unpaired) electrons. The third-order valence-electron chi connectivity index (χ3n) is 6.68. The second-order valence-corrected chi connectivity index (χ2v) is 10.2. The molecule has 10 nitrogen and oxygen atoms in total. The van der Waals surface area contributed by atoms with E-state index in [1.807, 2.05) is 4.90 Å². The van der Waals surface area contributed by atoms with Gasteiger partial charge in [0.25, 0.3) is 5.91 Å². The van der Waals surface area contributed by atoms with Crippen molar-refractivity contribution in [2.45, 2.75) is 44.8 Å². The van der Waals surface area contributed by atoms with Gasteiger partial charge in [0.1, 0.15) is 28.4 Å². The molecule has 2 unspecified atom stereocenters. The lowest BCUT2D eigenvalue weighted by molar-refractivity contribution is -0.146. The quantitative estimate of drug-likeness (QED) is 0.377. The summed E-state index contributed by atoms with van der Waals surface area (Å²) in [6.07, 6.45) is 2.30. The molecule has 2 aromatic heterocycles. The summed E-state index contributed by atoms with van der Waals surface area (Å²) in [5.41, 5.74) is 2.13. The number of halogens is 2. The largest absolute Gasteiger partial charge is 0.465 e. The molecule has 3 N–H and O–H groups in total. The van der Waals surface area contributed by atoms with Crippen LogP contribution in [0.5, 0.6) is 0 Å². The lowest BCUT2D eigenvalue weighted by atomic mass is 10.0. The molecular weight excluding hydrogens is 532 g/mol. The number of pyridine rings is 1. The second kappa shape index (κ2) is 10.9. The number of piperidine rings is 1. The average molecular weight is 558 g/mol. The van der Waals surface area contributed by atoms with Gasteiger partial charge in [0.2, 0.25) is 0 Å². The topological polar surface area (TPSA) is 134 Å². The van der Waals surface area contributed by atoms with Crippen molar-refractivity contribution >= 4 is 40.7 Å². The maximum absolute atomic E-state index is 14.2. The highest BCUT2D eigenvalue weighted by molar-refractivity contribution is 7.13. The zero-order chi connectivity index (χ0) is 27.7. The number of nitrogens with zero attached hydrogens (tertiary/aromatic N) is 3. The minimum Gasteiger partial charge on any atom is -0.465 e. The van der Waals surface area contributed by atoms with Crippen LogP contribution < -0.4 is 15.5 Å². The Morgan fingerprint density at radius 3 is 2.69 bits per heavy atom. The normalized spacial score (nSPS) is 18.4. The molecule has 0 saturated carbocycles. The summed E-state index contributed by atoms with van der Waals surface area (Å²) in [7, 11) is 0. The molecule has 5 rings (SSSR count). The number of amides is 2. The maximum atomic E-state index is 14.2. The van der Waals surface area contributed by atoms with E-state index in [1.165, 1.54) is 24.6 Å². The van der Waals surface area contributed by atoms with Gasteiger partial charge < -0.3 is 25.4 Å². The standard InChI is InChI=1S/C26H25F2N5O5S/c1-13(34)38-20-8-7-15-22(20)29-10-18(23(15)33-9-3-4-14(11-33)30-26(36)37)31-24(35)19-12-39-25(32-19)21-16(27)5-2-6-17(21)28/h2,5-6,10,12,14,20,30H,3-4,7-9,11H2,1H3,(H,31,35)(H,36,37). The molecule has 3 aromatic rings. The number of nitrogens with one attached hydrogen (secondary N) is 2. The number of carbonyl (C=O) groups excluding carboxylic acids is 2. The first-order valence-electron chi connectivity index (χ1n) is 12.4. The van der Waals surface area contributed by atoms with E-state index in [0.717, 1.165) is 29.0 Å². The Labute approximate surface area is 226 Å². The molecular formula is C26H25F2N5O5S. The number of thiazole rings is 1. The molecule has 2 amide bonds. The van der Waals surface area contributed by atoms with Gasteiger partial charge in [0.05, 0.1) is 28.8 Å². The highest BCUT2D eigenvalue weighted by atomic mass is 32.1. The summed E-state index contributed by atoms with van der Waals surface area (Å²) >= 11 is 0.944.